The summed E-state index contributed by atoms with van der Waals surface area (Å²) in [5.74, 6) is 0.876. The van der Waals surface area contributed by atoms with Gasteiger partial charge in [-0.15, -0.1) is 0 Å². The first-order valence-corrected chi connectivity index (χ1v) is 7.14. The van der Waals surface area contributed by atoms with Gasteiger partial charge < -0.3 is 0 Å². The molecule has 2 aromatic rings. The number of rotatable bonds is 6. The molecule has 0 aliphatic rings. The molecule has 1 aromatic carbocycles. The third kappa shape index (κ3) is 3.99. The number of H-pyrrole nitrogens is 1. The molecule has 20 heavy (non-hydrogen) atoms. The number of allylic oxidation sites excluding steroid dienone is 1. The first-order chi connectivity index (χ1) is 9.81. The van der Waals surface area contributed by atoms with Crippen molar-refractivity contribution in [1.82, 2.24) is 14.9 Å². The van der Waals surface area contributed by atoms with E-state index in [0.29, 0.717) is 4.77 Å². The summed E-state index contributed by atoms with van der Waals surface area (Å²) >= 11 is 5.17. The average molecular weight is 286 g/mol. The van der Waals surface area contributed by atoms with Crippen LogP contribution in [0.25, 0.3) is 6.08 Å². The number of aryl methyl sites for hydroxylation is 1. The lowest BCUT2D eigenvalue weighted by Gasteiger charge is -1.98. The van der Waals surface area contributed by atoms with E-state index >= 15 is 0 Å². The van der Waals surface area contributed by atoms with Crippen molar-refractivity contribution in [2.24, 2.45) is 5.10 Å². The fourth-order valence-electron chi connectivity index (χ4n) is 1.76. The maximum absolute atomic E-state index is 5.17. The lowest BCUT2D eigenvalue weighted by atomic mass is 10.2. The van der Waals surface area contributed by atoms with Crippen LogP contribution in [-0.4, -0.2) is 21.1 Å². The number of nitrogens with one attached hydrogen (secondary N) is 1. The molecule has 0 bridgehead atoms. The summed E-state index contributed by atoms with van der Waals surface area (Å²) in [4.78, 5) is 0. The molecule has 5 heteroatoms. The molecule has 1 N–H and O–H groups in total. The molecule has 1 aromatic heterocycles. The van der Waals surface area contributed by atoms with Gasteiger partial charge in [-0.05, 0) is 30.3 Å². The fraction of sp³-hybridized carbons (Fsp3) is 0.267. The number of nitrogens with zero attached hydrogens (tertiary/aromatic N) is 3. The highest BCUT2D eigenvalue weighted by Crippen LogP contribution is 2.03. The van der Waals surface area contributed by atoms with Crippen molar-refractivity contribution in [2.45, 2.75) is 26.2 Å². The van der Waals surface area contributed by atoms with Gasteiger partial charge >= 0.3 is 0 Å². The first kappa shape index (κ1) is 14.4. The number of benzene rings is 1. The Morgan fingerprint density at radius 2 is 2.15 bits per heavy atom. The molecule has 104 valence electrons. The number of aromatic amines is 1. The molecule has 0 saturated heterocycles. The molecule has 2 rings (SSSR count). The van der Waals surface area contributed by atoms with Gasteiger partial charge in [-0.25, -0.2) is 0 Å². The molecule has 0 radical (unpaired) electrons. The van der Waals surface area contributed by atoms with Gasteiger partial charge in [-0.3, -0.25) is 5.10 Å². The molecular weight excluding hydrogens is 268 g/mol. The Labute approximate surface area is 123 Å². The average Bonchev–Trinajstić information content (AvgIpc) is 2.83. The Hall–Kier alpha value is -2.01. The van der Waals surface area contributed by atoms with Crippen LogP contribution in [-0.2, 0) is 6.42 Å². The molecule has 4 nitrogen and oxygen atoms in total. The van der Waals surface area contributed by atoms with Crippen molar-refractivity contribution in [1.29, 1.82) is 0 Å². The third-order valence-corrected chi connectivity index (χ3v) is 3.09. The summed E-state index contributed by atoms with van der Waals surface area (Å²) in [7, 11) is 0. The van der Waals surface area contributed by atoms with Crippen molar-refractivity contribution in [3.05, 3.63) is 52.6 Å². The van der Waals surface area contributed by atoms with E-state index < -0.39 is 0 Å². The molecule has 0 spiro atoms. The number of aromatic nitrogens is 3. The van der Waals surface area contributed by atoms with Gasteiger partial charge in [0.15, 0.2) is 5.82 Å². The summed E-state index contributed by atoms with van der Waals surface area (Å²) in [6.07, 6.45) is 8.70. The van der Waals surface area contributed by atoms with Gasteiger partial charge in [0.1, 0.15) is 0 Å². The van der Waals surface area contributed by atoms with Crippen LogP contribution in [0, 0.1) is 4.77 Å². The SMILES string of the molecule is CCCCc1n[nH]c(=S)n1N=C/C=C/c1ccccc1. The van der Waals surface area contributed by atoms with Crippen LogP contribution in [0.3, 0.4) is 0 Å². The third-order valence-electron chi connectivity index (χ3n) is 2.83. The zero-order valence-electron chi connectivity index (χ0n) is 11.5. The highest BCUT2D eigenvalue weighted by atomic mass is 32.1. The highest BCUT2D eigenvalue weighted by Gasteiger charge is 2.02. The zero-order chi connectivity index (χ0) is 14.2. The topological polar surface area (TPSA) is 46.0 Å². The van der Waals surface area contributed by atoms with Crippen molar-refractivity contribution in [3.63, 3.8) is 0 Å². The van der Waals surface area contributed by atoms with E-state index in [0.717, 1.165) is 30.7 Å². The molecule has 1 heterocycles. The van der Waals surface area contributed by atoms with Crippen LogP contribution < -0.4 is 0 Å². The van der Waals surface area contributed by atoms with Crippen molar-refractivity contribution in [2.75, 3.05) is 0 Å². The van der Waals surface area contributed by atoms with E-state index in [9.17, 15) is 0 Å². The number of unbranched alkanes of at least 4 members (excludes halogenated alkanes) is 1. The molecule has 0 unspecified atom stereocenters. The summed E-state index contributed by atoms with van der Waals surface area (Å²) in [5, 5.41) is 11.3. The maximum Gasteiger partial charge on any atom is 0.216 e. The van der Waals surface area contributed by atoms with Crippen LogP contribution in [0.1, 0.15) is 31.2 Å². The second kappa shape index (κ2) is 7.55. The van der Waals surface area contributed by atoms with E-state index in [4.69, 9.17) is 12.2 Å². The molecule has 0 aliphatic carbocycles. The Kier molecular flexibility index (Phi) is 5.43. The van der Waals surface area contributed by atoms with Crippen LogP contribution in [0.15, 0.2) is 41.5 Å². The van der Waals surface area contributed by atoms with Gasteiger partial charge in [-0.1, -0.05) is 49.8 Å². The fourth-order valence-corrected chi connectivity index (χ4v) is 1.96. The number of hydrogen-bond acceptors (Lipinski definition) is 3. The monoisotopic (exact) mass is 286 g/mol. The summed E-state index contributed by atoms with van der Waals surface area (Å²) < 4.78 is 2.21. The van der Waals surface area contributed by atoms with Crippen LogP contribution in [0.4, 0.5) is 0 Å². The standard InChI is InChI=1S/C15H18N4S/c1-2-3-11-14-17-18-15(20)19(14)16-12-7-10-13-8-5-4-6-9-13/h4-10,12H,2-3,11H2,1H3,(H,18,20)/b10-7+,16-12?. The van der Waals surface area contributed by atoms with E-state index in [1.54, 1.807) is 10.9 Å². The molecule has 0 aliphatic heterocycles. The minimum absolute atomic E-state index is 0.528. The second-order valence-electron chi connectivity index (χ2n) is 4.39. The van der Waals surface area contributed by atoms with Gasteiger partial charge in [0.05, 0.1) is 0 Å². The predicted octanol–water partition coefficient (Wildman–Crippen LogP) is 3.83. The van der Waals surface area contributed by atoms with Crippen LogP contribution in [0.2, 0.25) is 0 Å². The summed E-state index contributed by atoms with van der Waals surface area (Å²) in [6, 6.07) is 10.1. The molecular formula is C15H18N4S. The molecule has 0 fully saturated rings. The van der Waals surface area contributed by atoms with Gasteiger partial charge in [0.2, 0.25) is 4.77 Å². The summed E-state index contributed by atoms with van der Waals surface area (Å²) in [6.45, 7) is 2.15. The highest BCUT2D eigenvalue weighted by molar-refractivity contribution is 7.71. The van der Waals surface area contributed by atoms with E-state index in [1.165, 1.54) is 0 Å². The van der Waals surface area contributed by atoms with Crippen molar-refractivity contribution in [3.8, 4) is 0 Å². The lowest BCUT2D eigenvalue weighted by Crippen LogP contribution is -1.98. The largest absolute Gasteiger partial charge is 0.250 e. The normalized spacial score (nSPS) is 11.7. The first-order valence-electron chi connectivity index (χ1n) is 6.73. The molecule has 0 amide bonds. The van der Waals surface area contributed by atoms with Crippen molar-refractivity contribution >= 4 is 24.5 Å². The Morgan fingerprint density at radius 3 is 2.90 bits per heavy atom. The minimum atomic E-state index is 0.528. The zero-order valence-corrected chi connectivity index (χ0v) is 12.3. The van der Waals surface area contributed by atoms with Crippen LogP contribution in [0.5, 0.6) is 0 Å². The van der Waals surface area contributed by atoms with Gasteiger partial charge in [-0.2, -0.15) is 14.9 Å². The number of hydrogen-bond donors (Lipinski definition) is 1. The molecule has 0 saturated carbocycles. The van der Waals surface area contributed by atoms with Gasteiger partial charge in [0.25, 0.3) is 0 Å². The lowest BCUT2D eigenvalue weighted by molar-refractivity contribution is 0.700. The summed E-state index contributed by atoms with van der Waals surface area (Å²) in [5.41, 5.74) is 1.14. The maximum atomic E-state index is 5.17. The van der Waals surface area contributed by atoms with E-state index in [-0.39, 0.29) is 0 Å². The molecule has 0 atom stereocenters. The van der Waals surface area contributed by atoms with Crippen molar-refractivity contribution < 1.29 is 0 Å². The smallest absolute Gasteiger partial charge is 0.216 e. The van der Waals surface area contributed by atoms with Crippen LogP contribution >= 0.6 is 12.2 Å². The Balaban J connectivity index is 2.06. The second-order valence-corrected chi connectivity index (χ2v) is 4.78. The Bertz CT molecular complexity index is 637. The quantitative estimate of drug-likeness (QED) is 0.648. The van der Waals surface area contributed by atoms with Gasteiger partial charge in [0, 0.05) is 12.6 Å². The minimum Gasteiger partial charge on any atom is -0.250 e. The Morgan fingerprint density at radius 1 is 1.35 bits per heavy atom. The predicted molar refractivity (Wildman–Crippen MR) is 85.4 cm³/mol. The van der Waals surface area contributed by atoms with E-state index in [1.807, 2.05) is 42.5 Å². The van der Waals surface area contributed by atoms with E-state index in [2.05, 4.69) is 22.2 Å².